The molecule has 0 heterocycles. The molecule has 0 saturated carbocycles. The van der Waals surface area contributed by atoms with Crippen molar-refractivity contribution in [3.05, 3.63) is 35.9 Å². The molecule has 0 bridgehead atoms. The number of carbonyl (C=O) groups is 1. The average Bonchev–Trinajstić information content (AvgIpc) is 2.36. The highest BCUT2D eigenvalue weighted by atomic mass is 16.4. The number of carboxylic acids is 1. The fourth-order valence-electron chi connectivity index (χ4n) is 2.17. The predicted octanol–water partition coefficient (Wildman–Crippen LogP) is 3.10. The Balaban J connectivity index is 2.40. The first-order chi connectivity index (χ1) is 8.99. The Morgan fingerprint density at radius 2 is 1.84 bits per heavy atom. The van der Waals surface area contributed by atoms with Crippen molar-refractivity contribution in [2.75, 3.05) is 0 Å². The highest BCUT2D eigenvalue weighted by molar-refractivity contribution is 5.73. The Kier molecular flexibility index (Phi) is 6.57. The molecule has 0 aromatic heterocycles. The summed E-state index contributed by atoms with van der Waals surface area (Å²) in [5.74, 6) is -0.366. The van der Waals surface area contributed by atoms with E-state index in [1.165, 1.54) is 5.56 Å². The molecule has 0 amide bonds. The van der Waals surface area contributed by atoms with E-state index in [0.717, 1.165) is 12.8 Å². The van der Waals surface area contributed by atoms with E-state index in [4.69, 9.17) is 0 Å². The van der Waals surface area contributed by atoms with Crippen LogP contribution in [0.1, 0.15) is 39.2 Å². The van der Waals surface area contributed by atoms with Gasteiger partial charge in [0.05, 0.1) is 0 Å². The van der Waals surface area contributed by atoms with Gasteiger partial charge in [0.15, 0.2) is 0 Å². The average molecular weight is 263 g/mol. The second-order valence-corrected chi connectivity index (χ2v) is 5.61. The molecule has 2 atom stereocenters. The lowest BCUT2D eigenvalue weighted by Gasteiger charge is -2.21. The van der Waals surface area contributed by atoms with Crippen LogP contribution in [0.15, 0.2) is 30.3 Å². The zero-order valence-corrected chi connectivity index (χ0v) is 12.1. The summed E-state index contributed by atoms with van der Waals surface area (Å²) in [5, 5.41) is 12.4. The smallest absolute Gasteiger partial charge is 0.320 e. The van der Waals surface area contributed by atoms with Crippen molar-refractivity contribution in [2.45, 2.75) is 52.1 Å². The summed E-state index contributed by atoms with van der Waals surface area (Å²) in [5.41, 5.74) is 1.30. The van der Waals surface area contributed by atoms with Gasteiger partial charge in [-0.15, -0.1) is 0 Å². The predicted molar refractivity (Wildman–Crippen MR) is 78.2 cm³/mol. The first kappa shape index (κ1) is 15.7. The van der Waals surface area contributed by atoms with E-state index in [1.807, 2.05) is 32.0 Å². The van der Waals surface area contributed by atoms with Gasteiger partial charge in [0.2, 0.25) is 0 Å². The third-order valence-corrected chi connectivity index (χ3v) is 3.20. The number of hydrogen-bond donors (Lipinski definition) is 2. The second-order valence-electron chi connectivity index (χ2n) is 5.61. The number of aryl methyl sites for hydroxylation is 1. The first-order valence-electron chi connectivity index (χ1n) is 7.01. The maximum Gasteiger partial charge on any atom is 0.320 e. The van der Waals surface area contributed by atoms with Gasteiger partial charge in [0, 0.05) is 6.04 Å². The van der Waals surface area contributed by atoms with Crippen molar-refractivity contribution >= 4 is 5.97 Å². The Labute approximate surface area is 116 Å². The number of rotatable bonds is 8. The van der Waals surface area contributed by atoms with Crippen molar-refractivity contribution in [2.24, 2.45) is 5.92 Å². The van der Waals surface area contributed by atoms with Crippen LogP contribution in [0.3, 0.4) is 0 Å². The number of nitrogens with one attached hydrogen (secondary N) is 1. The van der Waals surface area contributed by atoms with Crippen LogP contribution in [0.4, 0.5) is 0 Å². The third kappa shape index (κ3) is 6.39. The Hall–Kier alpha value is -1.35. The molecule has 0 spiro atoms. The second kappa shape index (κ2) is 7.95. The molecule has 1 unspecified atom stereocenters. The molecule has 0 aliphatic rings. The summed E-state index contributed by atoms with van der Waals surface area (Å²) >= 11 is 0. The molecule has 0 saturated heterocycles. The molecule has 0 aliphatic heterocycles. The van der Waals surface area contributed by atoms with Gasteiger partial charge in [0.25, 0.3) is 0 Å². The van der Waals surface area contributed by atoms with Crippen LogP contribution in [0.25, 0.3) is 0 Å². The van der Waals surface area contributed by atoms with Crippen LogP contribution in [0.2, 0.25) is 0 Å². The lowest BCUT2D eigenvalue weighted by Crippen LogP contribution is -2.43. The maximum absolute atomic E-state index is 11.2. The molecule has 2 N–H and O–H groups in total. The number of carboxylic acid groups (broad SMARTS) is 1. The van der Waals surface area contributed by atoms with Gasteiger partial charge in [0.1, 0.15) is 6.04 Å². The molecule has 3 heteroatoms. The molecule has 1 aromatic carbocycles. The minimum absolute atomic E-state index is 0.208. The normalized spacial score (nSPS) is 14.3. The van der Waals surface area contributed by atoms with Gasteiger partial charge in [-0.3, -0.25) is 4.79 Å². The monoisotopic (exact) mass is 263 g/mol. The first-order valence-corrected chi connectivity index (χ1v) is 7.01. The van der Waals surface area contributed by atoms with E-state index in [0.29, 0.717) is 12.3 Å². The minimum Gasteiger partial charge on any atom is -0.480 e. The standard InChI is InChI=1S/C16H25NO2/c1-12(2)11-15(16(18)19)17-13(3)9-10-14-7-5-4-6-8-14/h4-8,12-13,15,17H,9-11H2,1-3H3,(H,18,19)/t13?,15-/m0/s1. The zero-order chi connectivity index (χ0) is 14.3. The van der Waals surface area contributed by atoms with E-state index in [9.17, 15) is 9.90 Å². The van der Waals surface area contributed by atoms with Gasteiger partial charge in [-0.25, -0.2) is 0 Å². The van der Waals surface area contributed by atoms with E-state index in [-0.39, 0.29) is 6.04 Å². The zero-order valence-electron chi connectivity index (χ0n) is 12.1. The Bertz CT molecular complexity index is 376. The van der Waals surface area contributed by atoms with Crippen molar-refractivity contribution in [1.29, 1.82) is 0 Å². The lowest BCUT2D eigenvalue weighted by atomic mass is 10.0. The van der Waals surface area contributed by atoms with Gasteiger partial charge >= 0.3 is 5.97 Å². The van der Waals surface area contributed by atoms with Crippen molar-refractivity contribution < 1.29 is 9.90 Å². The van der Waals surface area contributed by atoms with Crippen molar-refractivity contribution in [3.63, 3.8) is 0 Å². The quantitative estimate of drug-likeness (QED) is 0.757. The van der Waals surface area contributed by atoms with Gasteiger partial charge < -0.3 is 10.4 Å². The highest BCUT2D eigenvalue weighted by Crippen LogP contribution is 2.09. The lowest BCUT2D eigenvalue weighted by molar-refractivity contribution is -0.140. The summed E-state index contributed by atoms with van der Waals surface area (Å²) in [7, 11) is 0. The highest BCUT2D eigenvalue weighted by Gasteiger charge is 2.20. The van der Waals surface area contributed by atoms with Crippen LogP contribution in [-0.2, 0) is 11.2 Å². The largest absolute Gasteiger partial charge is 0.480 e. The van der Waals surface area contributed by atoms with Gasteiger partial charge in [-0.05, 0) is 37.7 Å². The SMILES string of the molecule is CC(C)C[C@H](NC(C)CCc1ccccc1)C(=O)O. The van der Waals surface area contributed by atoms with Crippen LogP contribution >= 0.6 is 0 Å². The third-order valence-electron chi connectivity index (χ3n) is 3.20. The molecular formula is C16H25NO2. The molecule has 0 aliphatic carbocycles. The summed E-state index contributed by atoms with van der Waals surface area (Å²) in [6.45, 7) is 6.15. The molecule has 106 valence electrons. The molecule has 0 radical (unpaired) electrons. The van der Waals surface area contributed by atoms with Gasteiger partial charge in [-0.1, -0.05) is 44.2 Å². The van der Waals surface area contributed by atoms with E-state index < -0.39 is 12.0 Å². The fraction of sp³-hybridized carbons (Fsp3) is 0.562. The summed E-state index contributed by atoms with van der Waals surface area (Å²) in [6.07, 6.45) is 2.60. The number of aliphatic carboxylic acids is 1. The molecule has 0 fully saturated rings. The Morgan fingerprint density at radius 3 is 2.37 bits per heavy atom. The van der Waals surface area contributed by atoms with Crippen LogP contribution in [0.5, 0.6) is 0 Å². The molecular weight excluding hydrogens is 238 g/mol. The van der Waals surface area contributed by atoms with Crippen molar-refractivity contribution in [3.8, 4) is 0 Å². The van der Waals surface area contributed by atoms with Crippen LogP contribution in [-0.4, -0.2) is 23.2 Å². The van der Waals surface area contributed by atoms with Gasteiger partial charge in [-0.2, -0.15) is 0 Å². The number of hydrogen-bond acceptors (Lipinski definition) is 2. The van der Waals surface area contributed by atoms with Crippen molar-refractivity contribution in [1.82, 2.24) is 5.32 Å². The summed E-state index contributed by atoms with van der Waals surface area (Å²) < 4.78 is 0. The molecule has 19 heavy (non-hydrogen) atoms. The topological polar surface area (TPSA) is 49.3 Å². The molecule has 1 rings (SSSR count). The Morgan fingerprint density at radius 1 is 1.21 bits per heavy atom. The van der Waals surface area contributed by atoms with E-state index >= 15 is 0 Å². The van der Waals surface area contributed by atoms with Crippen LogP contribution < -0.4 is 5.32 Å². The minimum atomic E-state index is -0.750. The van der Waals surface area contributed by atoms with E-state index in [1.54, 1.807) is 0 Å². The summed E-state index contributed by atoms with van der Waals surface area (Å²) in [4.78, 5) is 11.2. The molecule has 1 aromatic rings. The summed E-state index contributed by atoms with van der Waals surface area (Å²) in [6, 6.07) is 10.1. The van der Waals surface area contributed by atoms with E-state index in [2.05, 4.69) is 24.4 Å². The number of benzene rings is 1. The molecule has 3 nitrogen and oxygen atoms in total. The fourth-order valence-corrected chi connectivity index (χ4v) is 2.17. The van der Waals surface area contributed by atoms with Crippen LogP contribution in [0, 0.1) is 5.92 Å². The maximum atomic E-state index is 11.2.